The number of carbonyl (C=O) groups is 1. The second-order valence-corrected chi connectivity index (χ2v) is 6.63. The van der Waals surface area contributed by atoms with Gasteiger partial charge in [0.2, 0.25) is 5.89 Å². The van der Waals surface area contributed by atoms with Gasteiger partial charge in [-0.1, -0.05) is 0 Å². The summed E-state index contributed by atoms with van der Waals surface area (Å²) in [7, 11) is 0. The predicted octanol–water partition coefficient (Wildman–Crippen LogP) is 3.92. The Bertz CT molecular complexity index is 758. The number of ether oxygens (including phenoxy) is 1. The summed E-state index contributed by atoms with van der Waals surface area (Å²) in [6.07, 6.45) is -3.58. The molecular formula is C17H18F3N3O3. The number of hydrogen-bond acceptors (Lipinski definition) is 4. The molecule has 2 amide bonds. The summed E-state index contributed by atoms with van der Waals surface area (Å²) < 4.78 is 49.3. The minimum Gasteiger partial charge on any atom is -0.445 e. The summed E-state index contributed by atoms with van der Waals surface area (Å²) >= 11 is 0. The third-order valence-electron chi connectivity index (χ3n) is 3.89. The van der Waals surface area contributed by atoms with Crippen molar-refractivity contribution in [2.75, 3.05) is 18.4 Å². The molecule has 3 rings (SSSR count). The van der Waals surface area contributed by atoms with Crippen LogP contribution in [-0.2, 0) is 4.74 Å². The highest BCUT2D eigenvalue weighted by atomic mass is 19.4. The number of urea groups is 1. The van der Waals surface area contributed by atoms with Crippen molar-refractivity contribution in [1.29, 1.82) is 0 Å². The summed E-state index contributed by atoms with van der Waals surface area (Å²) in [4.78, 5) is 17.5. The summed E-state index contributed by atoms with van der Waals surface area (Å²) in [5.41, 5.74) is 0.0840. The molecule has 1 saturated heterocycles. The highest BCUT2D eigenvalue weighted by molar-refractivity contribution is 5.89. The van der Waals surface area contributed by atoms with Crippen molar-refractivity contribution in [3.8, 4) is 11.5 Å². The van der Waals surface area contributed by atoms with Crippen molar-refractivity contribution < 1.29 is 27.1 Å². The summed E-state index contributed by atoms with van der Waals surface area (Å²) in [6, 6.07) is 6.04. The van der Waals surface area contributed by atoms with E-state index in [-0.39, 0.29) is 6.54 Å². The fourth-order valence-corrected chi connectivity index (χ4v) is 2.77. The molecule has 0 radical (unpaired) electrons. The third-order valence-corrected chi connectivity index (χ3v) is 3.89. The lowest BCUT2D eigenvalue weighted by Crippen LogP contribution is -2.59. The average Bonchev–Trinajstić information content (AvgIpc) is 3.07. The van der Waals surface area contributed by atoms with Crippen LogP contribution >= 0.6 is 0 Å². The summed E-state index contributed by atoms with van der Waals surface area (Å²) in [6.45, 7) is 2.56. The fraction of sp³-hybridized carbons (Fsp3) is 0.412. The molecule has 0 unspecified atom stereocenters. The number of alkyl halides is 3. The summed E-state index contributed by atoms with van der Waals surface area (Å²) in [5.74, 6) is 0.436. The first-order valence-electron chi connectivity index (χ1n) is 7.94. The van der Waals surface area contributed by atoms with E-state index in [4.69, 9.17) is 9.15 Å². The van der Waals surface area contributed by atoms with E-state index in [1.807, 2.05) is 0 Å². The maximum Gasteiger partial charge on any atom is 0.416 e. The van der Waals surface area contributed by atoms with Crippen molar-refractivity contribution in [3.63, 3.8) is 0 Å². The second-order valence-electron chi connectivity index (χ2n) is 6.63. The lowest BCUT2D eigenvalue weighted by atomic mass is 10.1. The van der Waals surface area contributed by atoms with Crippen LogP contribution in [0.1, 0.15) is 13.8 Å². The molecule has 2 aromatic rings. The number of halogens is 3. The lowest BCUT2D eigenvalue weighted by Gasteiger charge is -2.43. The van der Waals surface area contributed by atoms with Crippen LogP contribution in [0.3, 0.4) is 0 Å². The number of nitrogens with one attached hydrogen (secondary N) is 1. The minimum atomic E-state index is -4.53. The number of amides is 2. The number of benzene rings is 1. The van der Waals surface area contributed by atoms with E-state index in [0.29, 0.717) is 11.6 Å². The van der Waals surface area contributed by atoms with Gasteiger partial charge in [-0.3, -0.25) is 0 Å². The van der Waals surface area contributed by atoms with E-state index in [2.05, 4.69) is 10.3 Å². The van der Waals surface area contributed by atoms with Crippen LogP contribution in [-0.4, -0.2) is 46.9 Å². The van der Waals surface area contributed by atoms with E-state index >= 15 is 0 Å². The molecule has 6 nitrogen and oxygen atoms in total. The molecule has 0 aliphatic carbocycles. The quantitative estimate of drug-likeness (QED) is 0.871. The smallest absolute Gasteiger partial charge is 0.416 e. The van der Waals surface area contributed by atoms with Gasteiger partial charge in [0, 0.05) is 11.3 Å². The molecule has 0 bridgehead atoms. The van der Waals surface area contributed by atoms with E-state index < -0.39 is 30.5 Å². The zero-order chi connectivity index (χ0) is 18.9. The first-order valence-corrected chi connectivity index (χ1v) is 7.94. The van der Waals surface area contributed by atoms with E-state index in [0.717, 1.165) is 10.5 Å². The highest BCUT2D eigenvalue weighted by Crippen LogP contribution is 2.32. The van der Waals surface area contributed by atoms with Gasteiger partial charge in [0.05, 0.1) is 24.9 Å². The van der Waals surface area contributed by atoms with Crippen molar-refractivity contribution in [3.05, 3.63) is 36.7 Å². The average molecular weight is 369 g/mol. The molecule has 1 aromatic carbocycles. The minimum absolute atomic E-state index is 0.0554. The Morgan fingerprint density at radius 2 is 2.00 bits per heavy atom. The van der Waals surface area contributed by atoms with Crippen molar-refractivity contribution in [2.24, 2.45) is 0 Å². The lowest BCUT2D eigenvalue weighted by molar-refractivity contribution is -0.267. The van der Waals surface area contributed by atoms with Crippen LogP contribution < -0.4 is 5.32 Å². The van der Waals surface area contributed by atoms with Crippen LogP contribution in [0.5, 0.6) is 0 Å². The van der Waals surface area contributed by atoms with Crippen LogP contribution in [0.25, 0.3) is 11.5 Å². The maximum atomic E-state index is 13.0. The Hall–Kier alpha value is -2.55. The molecule has 140 valence electrons. The Kier molecular flexibility index (Phi) is 4.66. The van der Waals surface area contributed by atoms with Gasteiger partial charge < -0.3 is 19.4 Å². The van der Waals surface area contributed by atoms with E-state index in [1.54, 1.807) is 24.3 Å². The zero-order valence-electron chi connectivity index (χ0n) is 14.2. The van der Waals surface area contributed by atoms with Gasteiger partial charge >= 0.3 is 12.2 Å². The molecule has 26 heavy (non-hydrogen) atoms. The SMILES string of the molecule is CC1(C)CN(C(=O)Nc2ccc(-c3ncco3)cc2)C[C@@H](C(F)(F)F)O1. The maximum absolute atomic E-state index is 13.0. The topological polar surface area (TPSA) is 67.6 Å². The normalized spacial score (nSPS) is 20.0. The van der Waals surface area contributed by atoms with Gasteiger partial charge in [0.1, 0.15) is 6.26 Å². The Labute approximate surface area is 147 Å². The van der Waals surface area contributed by atoms with Crippen molar-refractivity contribution >= 4 is 11.7 Å². The second kappa shape index (κ2) is 6.64. The number of anilines is 1. The van der Waals surface area contributed by atoms with Crippen LogP contribution in [0, 0.1) is 0 Å². The number of carbonyl (C=O) groups excluding carboxylic acids is 1. The van der Waals surface area contributed by atoms with Crippen molar-refractivity contribution in [2.45, 2.75) is 31.7 Å². The molecule has 2 heterocycles. The zero-order valence-corrected chi connectivity index (χ0v) is 14.2. The first-order chi connectivity index (χ1) is 12.1. The van der Waals surface area contributed by atoms with E-state index in [9.17, 15) is 18.0 Å². The molecule has 1 aliphatic heterocycles. The molecule has 1 fully saturated rings. The molecule has 0 spiro atoms. The number of rotatable bonds is 2. The molecule has 1 aromatic heterocycles. The molecular weight excluding hydrogens is 351 g/mol. The third kappa shape index (κ3) is 4.16. The number of aromatic nitrogens is 1. The predicted molar refractivity (Wildman–Crippen MR) is 87.5 cm³/mol. The molecule has 1 N–H and O–H groups in total. The Balaban J connectivity index is 1.69. The van der Waals surface area contributed by atoms with Crippen molar-refractivity contribution in [1.82, 2.24) is 9.88 Å². The molecule has 0 saturated carbocycles. The molecule has 1 atom stereocenters. The van der Waals surface area contributed by atoms with Gasteiger partial charge in [-0.15, -0.1) is 0 Å². The standard InChI is InChI=1S/C17H18F3N3O3/c1-16(2)10-23(9-13(26-16)17(18,19)20)15(24)22-12-5-3-11(4-6-12)14-21-7-8-25-14/h3-8,13H,9-10H2,1-2H3,(H,22,24)/t13-/m0/s1. The van der Waals surface area contributed by atoms with Crippen LogP contribution in [0.15, 0.2) is 41.1 Å². The van der Waals surface area contributed by atoms with Gasteiger partial charge in [-0.25, -0.2) is 9.78 Å². The number of morpholine rings is 1. The van der Waals surface area contributed by atoms with Gasteiger partial charge in [0.15, 0.2) is 6.10 Å². The van der Waals surface area contributed by atoms with Gasteiger partial charge in [-0.2, -0.15) is 13.2 Å². The van der Waals surface area contributed by atoms with Gasteiger partial charge in [-0.05, 0) is 38.1 Å². The Morgan fingerprint density at radius 3 is 2.58 bits per heavy atom. The van der Waals surface area contributed by atoms with Crippen LogP contribution in [0.2, 0.25) is 0 Å². The number of nitrogens with zero attached hydrogens (tertiary/aromatic N) is 2. The number of oxazole rings is 1. The highest BCUT2D eigenvalue weighted by Gasteiger charge is 2.49. The first kappa shape index (κ1) is 18.2. The van der Waals surface area contributed by atoms with Gasteiger partial charge in [0.25, 0.3) is 0 Å². The Morgan fingerprint density at radius 1 is 1.31 bits per heavy atom. The fourth-order valence-electron chi connectivity index (χ4n) is 2.77. The van der Waals surface area contributed by atoms with E-state index in [1.165, 1.54) is 26.3 Å². The monoisotopic (exact) mass is 369 g/mol. The van der Waals surface area contributed by atoms with Crippen LogP contribution in [0.4, 0.5) is 23.7 Å². The molecule has 9 heteroatoms. The molecule has 1 aliphatic rings. The summed E-state index contributed by atoms with van der Waals surface area (Å²) in [5, 5.41) is 2.61. The number of hydrogen-bond donors (Lipinski definition) is 1. The largest absolute Gasteiger partial charge is 0.445 e.